The number of nitrogens with zero attached hydrogens (tertiary/aromatic N) is 4. The number of hydrogen-bond donors (Lipinski definition) is 1. The molecule has 1 aromatic rings. The lowest BCUT2D eigenvalue weighted by atomic mass is 10.1. The number of likely N-dealkylation sites (tertiary alicyclic amines) is 1. The van der Waals surface area contributed by atoms with Crippen molar-refractivity contribution in [1.29, 1.82) is 0 Å². The number of aromatic nitrogens is 3. The third-order valence-electron chi connectivity index (χ3n) is 3.17. The molecule has 0 amide bonds. The van der Waals surface area contributed by atoms with Crippen molar-refractivity contribution in [2.45, 2.75) is 25.8 Å². The maximum atomic E-state index is 3.90. The predicted molar refractivity (Wildman–Crippen MR) is 63.0 cm³/mol. The number of rotatable bonds is 5. The average molecular weight is 223 g/mol. The molecule has 0 aliphatic carbocycles. The SMILES string of the molecule is Cn1nncc1CNCCN1CCCCC1. The van der Waals surface area contributed by atoms with Crippen LogP contribution in [0.3, 0.4) is 0 Å². The second kappa shape index (κ2) is 5.96. The summed E-state index contributed by atoms with van der Waals surface area (Å²) in [5.41, 5.74) is 1.14. The molecular weight excluding hydrogens is 202 g/mol. The van der Waals surface area contributed by atoms with Crippen LogP contribution in [0.1, 0.15) is 25.0 Å². The molecule has 0 spiro atoms. The van der Waals surface area contributed by atoms with Crippen LogP contribution in [-0.2, 0) is 13.6 Å². The van der Waals surface area contributed by atoms with Gasteiger partial charge in [0.1, 0.15) is 0 Å². The average Bonchev–Trinajstić information content (AvgIpc) is 2.72. The summed E-state index contributed by atoms with van der Waals surface area (Å²) in [6.45, 7) is 5.61. The van der Waals surface area contributed by atoms with E-state index in [9.17, 15) is 0 Å². The highest BCUT2D eigenvalue weighted by molar-refractivity contribution is 4.92. The Labute approximate surface area is 96.8 Å². The van der Waals surface area contributed by atoms with Gasteiger partial charge in [-0.1, -0.05) is 11.6 Å². The maximum Gasteiger partial charge on any atom is 0.0738 e. The van der Waals surface area contributed by atoms with Crippen molar-refractivity contribution in [2.75, 3.05) is 26.2 Å². The maximum absolute atomic E-state index is 3.90. The van der Waals surface area contributed by atoms with Crippen LogP contribution < -0.4 is 5.32 Å². The summed E-state index contributed by atoms with van der Waals surface area (Å²) in [7, 11) is 1.93. The minimum atomic E-state index is 0.858. The number of aryl methyl sites for hydroxylation is 1. The van der Waals surface area contributed by atoms with E-state index in [0.29, 0.717) is 0 Å². The number of nitrogens with one attached hydrogen (secondary N) is 1. The molecule has 0 unspecified atom stereocenters. The van der Waals surface area contributed by atoms with Crippen molar-refractivity contribution >= 4 is 0 Å². The molecule has 16 heavy (non-hydrogen) atoms. The highest BCUT2D eigenvalue weighted by Gasteiger charge is 2.08. The first-order valence-corrected chi connectivity index (χ1v) is 6.13. The van der Waals surface area contributed by atoms with Crippen LogP contribution in [0.15, 0.2) is 6.20 Å². The fourth-order valence-corrected chi connectivity index (χ4v) is 2.11. The first kappa shape index (κ1) is 11.5. The highest BCUT2D eigenvalue weighted by atomic mass is 15.4. The van der Waals surface area contributed by atoms with Crippen LogP contribution in [0.2, 0.25) is 0 Å². The summed E-state index contributed by atoms with van der Waals surface area (Å²) in [5.74, 6) is 0. The molecular formula is C11H21N5. The standard InChI is InChI=1S/C11H21N5/c1-15-11(10-13-14-15)9-12-5-8-16-6-3-2-4-7-16/h10,12H,2-9H2,1H3. The third kappa shape index (κ3) is 3.28. The van der Waals surface area contributed by atoms with Gasteiger partial charge < -0.3 is 10.2 Å². The molecule has 2 heterocycles. The van der Waals surface area contributed by atoms with E-state index in [1.165, 1.54) is 32.4 Å². The van der Waals surface area contributed by atoms with Gasteiger partial charge in [0.2, 0.25) is 0 Å². The Kier molecular flexibility index (Phi) is 4.30. The van der Waals surface area contributed by atoms with Crippen molar-refractivity contribution in [1.82, 2.24) is 25.2 Å². The van der Waals surface area contributed by atoms with Gasteiger partial charge in [0.25, 0.3) is 0 Å². The van der Waals surface area contributed by atoms with Gasteiger partial charge >= 0.3 is 0 Å². The molecule has 2 rings (SSSR count). The van der Waals surface area contributed by atoms with Gasteiger partial charge in [-0.2, -0.15) is 0 Å². The normalized spacial score (nSPS) is 17.8. The van der Waals surface area contributed by atoms with E-state index in [-0.39, 0.29) is 0 Å². The van der Waals surface area contributed by atoms with E-state index in [0.717, 1.165) is 25.3 Å². The first-order chi connectivity index (χ1) is 7.86. The van der Waals surface area contributed by atoms with Crippen molar-refractivity contribution in [3.8, 4) is 0 Å². The molecule has 1 aliphatic heterocycles. The Morgan fingerprint density at radius 2 is 2.12 bits per heavy atom. The zero-order valence-electron chi connectivity index (χ0n) is 10.0. The molecule has 1 saturated heterocycles. The van der Waals surface area contributed by atoms with Gasteiger partial charge in [-0.05, 0) is 25.9 Å². The Hall–Kier alpha value is -0.940. The fraction of sp³-hybridized carbons (Fsp3) is 0.818. The molecule has 5 nitrogen and oxygen atoms in total. The smallest absolute Gasteiger partial charge is 0.0738 e. The van der Waals surface area contributed by atoms with Crippen molar-refractivity contribution in [2.24, 2.45) is 7.05 Å². The largest absolute Gasteiger partial charge is 0.310 e. The summed E-state index contributed by atoms with van der Waals surface area (Å²) < 4.78 is 1.81. The van der Waals surface area contributed by atoms with Crippen LogP contribution in [0.5, 0.6) is 0 Å². The van der Waals surface area contributed by atoms with Gasteiger partial charge in [-0.3, -0.25) is 4.68 Å². The molecule has 1 N–H and O–H groups in total. The van der Waals surface area contributed by atoms with Gasteiger partial charge in [-0.15, -0.1) is 5.10 Å². The van der Waals surface area contributed by atoms with Crippen LogP contribution >= 0.6 is 0 Å². The minimum Gasteiger partial charge on any atom is -0.310 e. The van der Waals surface area contributed by atoms with Crippen LogP contribution in [-0.4, -0.2) is 46.1 Å². The van der Waals surface area contributed by atoms with Crippen LogP contribution in [0.25, 0.3) is 0 Å². The number of hydrogen-bond acceptors (Lipinski definition) is 4. The second-order valence-electron chi connectivity index (χ2n) is 4.43. The lowest BCUT2D eigenvalue weighted by Gasteiger charge is -2.26. The van der Waals surface area contributed by atoms with E-state index < -0.39 is 0 Å². The van der Waals surface area contributed by atoms with E-state index in [1.807, 2.05) is 17.9 Å². The molecule has 0 atom stereocenters. The lowest BCUT2D eigenvalue weighted by Crippen LogP contribution is -2.35. The summed E-state index contributed by atoms with van der Waals surface area (Å²) in [6, 6.07) is 0. The van der Waals surface area contributed by atoms with Crippen molar-refractivity contribution in [3.05, 3.63) is 11.9 Å². The topological polar surface area (TPSA) is 46.0 Å². The van der Waals surface area contributed by atoms with E-state index in [4.69, 9.17) is 0 Å². The monoisotopic (exact) mass is 223 g/mol. The molecule has 1 aromatic heterocycles. The Bertz CT molecular complexity index is 303. The quantitative estimate of drug-likeness (QED) is 0.734. The van der Waals surface area contributed by atoms with E-state index in [2.05, 4.69) is 20.5 Å². The zero-order chi connectivity index (χ0) is 11.2. The molecule has 1 fully saturated rings. The molecule has 5 heteroatoms. The lowest BCUT2D eigenvalue weighted by molar-refractivity contribution is 0.229. The minimum absolute atomic E-state index is 0.858. The van der Waals surface area contributed by atoms with Crippen LogP contribution in [0.4, 0.5) is 0 Å². The molecule has 0 aromatic carbocycles. The highest BCUT2D eigenvalue weighted by Crippen LogP contribution is 2.07. The van der Waals surface area contributed by atoms with Crippen molar-refractivity contribution < 1.29 is 0 Å². The third-order valence-corrected chi connectivity index (χ3v) is 3.17. The molecule has 1 aliphatic rings. The summed E-state index contributed by atoms with van der Waals surface area (Å²) >= 11 is 0. The van der Waals surface area contributed by atoms with Gasteiger partial charge in [0, 0.05) is 26.7 Å². The van der Waals surface area contributed by atoms with Gasteiger partial charge in [-0.25, -0.2) is 0 Å². The van der Waals surface area contributed by atoms with E-state index in [1.54, 1.807) is 0 Å². The molecule has 0 radical (unpaired) electrons. The Morgan fingerprint density at radius 1 is 1.31 bits per heavy atom. The fourth-order valence-electron chi connectivity index (χ4n) is 2.11. The summed E-state index contributed by atoms with van der Waals surface area (Å²) in [5, 5.41) is 11.2. The second-order valence-corrected chi connectivity index (χ2v) is 4.43. The van der Waals surface area contributed by atoms with Gasteiger partial charge in [0.15, 0.2) is 0 Å². The molecule has 90 valence electrons. The predicted octanol–water partition coefficient (Wildman–Crippen LogP) is 0.391. The summed E-state index contributed by atoms with van der Waals surface area (Å²) in [6.07, 6.45) is 5.95. The Balaban J connectivity index is 1.59. The molecule has 0 saturated carbocycles. The zero-order valence-corrected chi connectivity index (χ0v) is 10.0. The first-order valence-electron chi connectivity index (χ1n) is 6.13. The van der Waals surface area contributed by atoms with Gasteiger partial charge in [0.05, 0.1) is 11.9 Å². The molecule has 0 bridgehead atoms. The summed E-state index contributed by atoms with van der Waals surface area (Å²) in [4.78, 5) is 2.54. The number of piperidine rings is 1. The van der Waals surface area contributed by atoms with E-state index >= 15 is 0 Å². The van der Waals surface area contributed by atoms with Crippen LogP contribution in [0, 0.1) is 0 Å². The van der Waals surface area contributed by atoms with Crippen molar-refractivity contribution in [3.63, 3.8) is 0 Å². The Morgan fingerprint density at radius 3 is 2.81 bits per heavy atom.